The van der Waals surface area contributed by atoms with E-state index in [0.29, 0.717) is 17.9 Å². The fourth-order valence-electron chi connectivity index (χ4n) is 3.43. The quantitative estimate of drug-likeness (QED) is 0.601. The van der Waals surface area contributed by atoms with Gasteiger partial charge in [-0.2, -0.15) is 0 Å². The highest BCUT2D eigenvalue weighted by Crippen LogP contribution is 2.33. The van der Waals surface area contributed by atoms with Crippen LogP contribution in [0.25, 0.3) is 5.57 Å². The average molecular weight is 390 g/mol. The monoisotopic (exact) mass is 390 g/mol. The van der Waals surface area contributed by atoms with Gasteiger partial charge in [0.25, 0.3) is 11.8 Å². The molecule has 0 spiro atoms. The van der Waals surface area contributed by atoms with E-state index in [2.05, 4.69) is 0 Å². The van der Waals surface area contributed by atoms with E-state index in [1.807, 2.05) is 30.3 Å². The maximum atomic E-state index is 13.4. The molecule has 0 atom stereocenters. The summed E-state index contributed by atoms with van der Waals surface area (Å²) in [5, 5.41) is 0. The topological polar surface area (TPSA) is 53.8 Å². The predicted octanol–water partition coefficient (Wildman–Crippen LogP) is 3.83. The van der Waals surface area contributed by atoms with Crippen LogP contribution in [0.4, 0.5) is 4.39 Å². The molecule has 1 aliphatic heterocycles. The number of halogens is 1. The van der Waals surface area contributed by atoms with E-state index in [4.69, 9.17) is 4.42 Å². The number of imide groups is 1. The van der Waals surface area contributed by atoms with Crippen LogP contribution >= 0.6 is 0 Å². The van der Waals surface area contributed by atoms with Crippen molar-refractivity contribution in [1.82, 2.24) is 9.80 Å². The van der Waals surface area contributed by atoms with E-state index in [1.165, 1.54) is 30.5 Å². The Balaban J connectivity index is 1.73. The van der Waals surface area contributed by atoms with Gasteiger partial charge in [-0.25, -0.2) is 4.39 Å². The van der Waals surface area contributed by atoms with Gasteiger partial charge in [0.15, 0.2) is 0 Å². The van der Waals surface area contributed by atoms with Crippen molar-refractivity contribution in [2.45, 2.75) is 13.1 Å². The molecule has 0 radical (unpaired) electrons. The number of carbonyl (C=O) groups is 2. The number of nitrogens with zero attached hydrogens (tertiary/aromatic N) is 2. The SMILES string of the molecule is CN(Cc1ccccc1)C1=C(c2ccc(F)cc2)C(=O)N(Cc2ccco2)C1=O. The maximum absolute atomic E-state index is 13.4. The summed E-state index contributed by atoms with van der Waals surface area (Å²) < 4.78 is 18.7. The van der Waals surface area contributed by atoms with Crippen molar-refractivity contribution in [1.29, 1.82) is 0 Å². The molecule has 1 aromatic heterocycles. The first-order valence-electron chi connectivity index (χ1n) is 9.18. The number of benzene rings is 2. The molecule has 2 aromatic carbocycles. The minimum Gasteiger partial charge on any atom is -0.467 e. The van der Waals surface area contributed by atoms with E-state index in [1.54, 1.807) is 24.1 Å². The van der Waals surface area contributed by atoms with Gasteiger partial charge < -0.3 is 9.32 Å². The number of amides is 2. The zero-order valence-corrected chi connectivity index (χ0v) is 15.8. The van der Waals surface area contributed by atoms with Gasteiger partial charge in [-0.15, -0.1) is 0 Å². The first kappa shape index (κ1) is 18.7. The molecule has 0 N–H and O–H groups in total. The third-order valence-corrected chi connectivity index (χ3v) is 4.81. The number of furan rings is 1. The highest BCUT2D eigenvalue weighted by Gasteiger charge is 2.41. The second-order valence-electron chi connectivity index (χ2n) is 6.85. The summed E-state index contributed by atoms with van der Waals surface area (Å²) in [4.78, 5) is 29.3. The van der Waals surface area contributed by atoms with Crippen LogP contribution in [0, 0.1) is 5.82 Å². The molecule has 0 unspecified atom stereocenters. The van der Waals surface area contributed by atoms with Crippen LogP contribution in [0.15, 0.2) is 83.1 Å². The van der Waals surface area contributed by atoms with Crippen molar-refractivity contribution in [3.63, 3.8) is 0 Å². The molecule has 146 valence electrons. The Labute approximate surface area is 167 Å². The summed E-state index contributed by atoms with van der Waals surface area (Å²) in [5.41, 5.74) is 2.06. The second-order valence-corrected chi connectivity index (χ2v) is 6.85. The molecule has 3 aromatic rings. The van der Waals surface area contributed by atoms with Gasteiger partial charge in [-0.1, -0.05) is 42.5 Å². The van der Waals surface area contributed by atoms with E-state index in [0.717, 1.165) is 10.5 Å². The van der Waals surface area contributed by atoms with E-state index in [9.17, 15) is 14.0 Å². The lowest BCUT2D eigenvalue weighted by Gasteiger charge is -2.21. The van der Waals surface area contributed by atoms with Crippen LogP contribution in [0.3, 0.4) is 0 Å². The van der Waals surface area contributed by atoms with Crippen molar-refractivity contribution in [2.24, 2.45) is 0 Å². The van der Waals surface area contributed by atoms with Crippen LogP contribution in [-0.4, -0.2) is 28.7 Å². The van der Waals surface area contributed by atoms with Crippen LogP contribution in [0.5, 0.6) is 0 Å². The van der Waals surface area contributed by atoms with E-state index >= 15 is 0 Å². The molecule has 0 saturated heterocycles. The molecule has 0 aliphatic carbocycles. The normalized spacial score (nSPS) is 14.1. The molecule has 4 rings (SSSR count). The molecule has 2 heterocycles. The Morgan fingerprint density at radius 1 is 0.931 bits per heavy atom. The maximum Gasteiger partial charge on any atom is 0.278 e. The largest absolute Gasteiger partial charge is 0.467 e. The van der Waals surface area contributed by atoms with Gasteiger partial charge in [0.1, 0.15) is 17.3 Å². The summed E-state index contributed by atoms with van der Waals surface area (Å²) in [6.07, 6.45) is 1.50. The third kappa shape index (κ3) is 3.69. The molecular formula is C23H19FN2O3. The lowest BCUT2D eigenvalue weighted by molar-refractivity contribution is -0.138. The Bertz CT molecular complexity index is 1060. The van der Waals surface area contributed by atoms with Crippen molar-refractivity contribution in [2.75, 3.05) is 7.05 Å². The van der Waals surface area contributed by atoms with Gasteiger partial charge in [0.2, 0.25) is 0 Å². The van der Waals surface area contributed by atoms with Crippen molar-refractivity contribution in [3.8, 4) is 0 Å². The highest BCUT2D eigenvalue weighted by molar-refractivity contribution is 6.35. The number of carbonyl (C=O) groups excluding carboxylic acids is 2. The fraction of sp³-hybridized carbons (Fsp3) is 0.130. The smallest absolute Gasteiger partial charge is 0.278 e. The van der Waals surface area contributed by atoms with E-state index in [-0.39, 0.29) is 17.8 Å². The van der Waals surface area contributed by atoms with Gasteiger partial charge in [-0.3, -0.25) is 14.5 Å². The van der Waals surface area contributed by atoms with Crippen LogP contribution < -0.4 is 0 Å². The summed E-state index contributed by atoms with van der Waals surface area (Å²) in [6, 6.07) is 18.7. The van der Waals surface area contributed by atoms with Gasteiger partial charge >= 0.3 is 0 Å². The van der Waals surface area contributed by atoms with E-state index < -0.39 is 17.6 Å². The van der Waals surface area contributed by atoms with Crippen molar-refractivity contribution < 1.29 is 18.4 Å². The zero-order chi connectivity index (χ0) is 20.4. The highest BCUT2D eigenvalue weighted by atomic mass is 19.1. The third-order valence-electron chi connectivity index (χ3n) is 4.81. The molecule has 2 amide bonds. The van der Waals surface area contributed by atoms with Gasteiger partial charge in [0, 0.05) is 13.6 Å². The Morgan fingerprint density at radius 3 is 2.31 bits per heavy atom. The molecule has 6 heteroatoms. The number of hydrogen-bond acceptors (Lipinski definition) is 4. The molecule has 5 nitrogen and oxygen atoms in total. The summed E-state index contributed by atoms with van der Waals surface area (Å²) >= 11 is 0. The fourth-order valence-corrected chi connectivity index (χ4v) is 3.43. The van der Waals surface area contributed by atoms with Crippen LogP contribution in [0.2, 0.25) is 0 Å². The first-order chi connectivity index (χ1) is 14.0. The summed E-state index contributed by atoms with van der Waals surface area (Å²) in [7, 11) is 1.77. The minimum absolute atomic E-state index is 0.0397. The molecule has 0 fully saturated rings. The lowest BCUT2D eigenvalue weighted by atomic mass is 10.0. The minimum atomic E-state index is -0.423. The second kappa shape index (κ2) is 7.75. The van der Waals surface area contributed by atoms with Crippen LogP contribution in [0.1, 0.15) is 16.9 Å². The number of likely N-dealkylation sites (N-methyl/N-ethyl adjacent to an activating group) is 1. The van der Waals surface area contributed by atoms with Crippen molar-refractivity contribution >= 4 is 17.4 Å². The Hall–Kier alpha value is -3.67. The van der Waals surface area contributed by atoms with Gasteiger partial charge in [0.05, 0.1) is 18.4 Å². The molecule has 0 bridgehead atoms. The zero-order valence-electron chi connectivity index (χ0n) is 15.8. The number of rotatable bonds is 6. The number of hydrogen-bond donors (Lipinski definition) is 0. The molecule has 0 saturated carbocycles. The van der Waals surface area contributed by atoms with Gasteiger partial charge in [-0.05, 0) is 35.4 Å². The molecule has 1 aliphatic rings. The Morgan fingerprint density at radius 2 is 1.66 bits per heavy atom. The van der Waals surface area contributed by atoms with Crippen LogP contribution in [-0.2, 0) is 22.7 Å². The lowest BCUT2D eigenvalue weighted by Crippen LogP contribution is -2.33. The average Bonchev–Trinajstić information content (AvgIpc) is 3.32. The molecular weight excluding hydrogens is 371 g/mol. The standard InChI is InChI=1S/C23H19FN2O3/c1-25(14-16-6-3-2-4-7-16)21-20(17-9-11-18(24)12-10-17)22(27)26(23(21)28)15-19-8-5-13-29-19/h2-13H,14-15H2,1H3. The first-order valence-corrected chi connectivity index (χ1v) is 9.18. The summed E-state index contributed by atoms with van der Waals surface area (Å²) in [6.45, 7) is 0.493. The molecule has 29 heavy (non-hydrogen) atoms. The predicted molar refractivity (Wildman–Crippen MR) is 105 cm³/mol. The Kier molecular flexibility index (Phi) is 4.99. The summed E-state index contributed by atoms with van der Waals surface area (Å²) in [5.74, 6) is -0.716. The van der Waals surface area contributed by atoms with Crippen molar-refractivity contribution in [3.05, 3.63) is 101 Å².